The maximum Gasteiger partial charge on any atom is 0.119 e. The van der Waals surface area contributed by atoms with E-state index < -0.39 is 6.10 Å². The molecule has 6 nitrogen and oxygen atoms in total. The molecule has 2 unspecified atom stereocenters. The third-order valence-corrected chi connectivity index (χ3v) is 8.40. The molecule has 0 saturated carbocycles. The third-order valence-electron chi connectivity index (χ3n) is 8.05. The van der Waals surface area contributed by atoms with Crippen LogP contribution in [-0.2, 0) is 15.6 Å². The molecular weight excluding hydrogens is 600 g/mol. The van der Waals surface area contributed by atoms with Crippen molar-refractivity contribution in [3.05, 3.63) is 119 Å². The number of alkyl halides is 1. The molecule has 0 aliphatic carbocycles. The summed E-state index contributed by atoms with van der Waals surface area (Å²) in [6.45, 7) is 11.8. The van der Waals surface area contributed by atoms with Gasteiger partial charge in [-0.25, -0.2) is 0 Å². The second-order valence-corrected chi connectivity index (χ2v) is 12.4. The van der Waals surface area contributed by atoms with E-state index in [4.69, 9.17) is 25.8 Å². The van der Waals surface area contributed by atoms with Crippen molar-refractivity contribution in [1.29, 1.82) is 0 Å². The van der Waals surface area contributed by atoms with E-state index >= 15 is 0 Å². The fraction of sp³-hybridized carbons (Fsp3) is 0.385. The van der Waals surface area contributed by atoms with Gasteiger partial charge >= 0.3 is 0 Å². The van der Waals surface area contributed by atoms with E-state index in [-0.39, 0.29) is 29.8 Å². The Kier molecular flexibility index (Phi) is 14.9. The van der Waals surface area contributed by atoms with Crippen LogP contribution in [0.5, 0.6) is 23.0 Å². The molecule has 1 fully saturated rings. The Morgan fingerprint density at radius 3 is 1.35 bits per heavy atom. The molecule has 46 heavy (non-hydrogen) atoms. The van der Waals surface area contributed by atoms with Crippen molar-refractivity contribution < 1.29 is 29.5 Å². The maximum atomic E-state index is 9.56. The summed E-state index contributed by atoms with van der Waals surface area (Å²) >= 11 is 5.27. The van der Waals surface area contributed by atoms with Gasteiger partial charge in [-0.1, -0.05) is 90.6 Å². The monoisotopic (exact) mass is 650 g/mol. The van der Waals surface area contributed by atoms with Crippen LogP contribution in [0, 0.1) is 0 Å². The number of rotatable bonds is 10. The summed E-state index contributed by atoms with van der Waals surface area (Å²) in [5.74, 6) is 2.86. The van der Waals surface area contributed by atoms with Gasteiger partial charge in [0.2, 0.25) is 0 Å². The number of phenols is 2. The second kappa shape index (κ2) is 17.8. The Balaban J connectivity index is 0.000000280. The Bertz CT molecular complexity index is 1360. The van der Waals surface area contributed by atoms with E-state index in [0.29, 0.717) is 25.0 Å². The molecule has 5 rings (SSSR count). The molecule has 7 heteroatoms. The van der Waals surface area contributed by atoms with Crippen LogP contribution >= 0.6 is 11.6 Å². The first-order valence-corrected chi connectivity index (χ1v) is 15.8. The lowest BCUT2D eigenvalue weighted by molar-refractivity contribution is 0.104. The van der Waals surface area contributed by atoms with Gasteiger partial charge in [-0.15, -0.1) is 11.6 Å². The number of phenolic OH excluding ortho intramolecular Hbond substituents is 2. The summed E-state index contributed by atoms with van der Waals surface area (Å²) in [5, 5.41) is 28.2. The number of aliphatic hydroxyl groups is 1. The standard InChI is InChI=1S/C20H26O3.C15H16O2.C3H5ClO.CH4/c1-5-17(21)14-23-19-12-8-16(9-13-19)20(2,3)15-6-10-18(22-4)11-7-15;1-15(2,11-3-7-13(16)8-4-11)12-5-9-14(17)10-6-12;4-1-3-2-5-3;/h6-13,17,21H,5,14H2,1-4H3;3-10,16-17H,1-2H3;3H,1-2H2;1H4. The number of aliphatic hydroxyl groups excluding tert-OH is 1. The van der Waals surface area contributed by atoms with Gasteiger partial charge in [-0.05, 0) is 77.2 Å². The zero-order valence-electron chi connectivity index (χ0n) is 27.2. The quantitative estimate of drug-likeness (QED) is 0.117. The van der Waals surface area contributed by atoms with Crippen LogP contribution < -0.4 is 9.47 Å². The molecule has 1 aliphatic heterocycles. The second-order valence-electron chi connectivity index (χ2n) is 12.1. The molecule has 0 amide bonds. The van der Waals surface area contributed by atoms with Crippen LogP contribution in [0.1, 0.15) is 70.7 Å². The summed E-state index contributed by atoms with van der Waals surface area (Å²) in [6, 6.07) is 30.7. The molecule has 0 radical (unpaired) electrons. The summed E-state index contributed by atoms with van der Waals surface area (Å²) < 4.78 is 15.5. The van der Waals surface area contributed by atoms with Crippen molar-refractivity contribution in [1.82, 2.24) is 0 Å². The van der Waals surface area contributed by atoms with Crippen molar-refractivity contribution in [2.45, 2.75) is 71.5 Å². The molecule has 2 atom stereocenters. The Labute approximate surface area is 280 Å². The van der Waals surface area contributed by atoms with Gasteiger partial charge in [-0.3, -0.25) is 0 Å². The van der Waals surface area contributed by atoms with Crippen LogP contribution in [0.3, 0.4) is 0 Å². The number of benzene rings is 4. The average molecular weight is 651 g/mol. The van der Waals surface area contributed by atoms with E-state index in [1.165, 1.54) is 11.1 Å². The number of methoxy groups -OCH3 is 1. The number of halogens is 1. The van der Waals surface area contributed by atoms with Crippen LogP contribution in [0.15, 0.2) is 97.1 Å². The van der Waals surface area contributed by atoms with Gasteiger partial charge in [0.1, 0.15) is 29.6 Å². The Morgan fingerprint density at radius 1 is 0.717 bits per heavy atom. The molecule has 0 aromatic heterocycles. The van der Waals surface area contributed by atoms with Gasteiger partial charge in [0.05, 0.1) is 31.8 Å². The Hall–Kier alpha value is -3.71. The van der Waals surface area contributed by atoms with Crippen molar-refractivity contribution >= 4 is 11.6 Å². The highest BCUT2D eigenvalue weighted by Gasteiger charge is 2.24. The molecule has 3 N–H and O–H groups in total. The zero-order chi connectivity index (χ0) is 33.0. The average Bonchev–Trinajstić information content (AvgIpc) is 3.90. The summed E-state index contributed by atoms with van der Waals surface area (Å²) in [6.07, 6.45) is 0.685. The lowest BCUT2D eigenvalue weighted by Crippen LogP contribution is -2.19. The van der Waals surface area contributed by atoms with Gasteiger partial charge in [0, 0.05) is 10.8 Å². The van der Waals surface area contributed by atoms with Crippen molar-refractivity contribution in [2.75, 3.05) is 26.2 Å². The first kappa shape index (κ1) is 38.5. The van der Waals surface area contributed by atoms with Crippen LogP contribution in [0.25, 0.3) is 0 Å². The van der Waals surface area contributed by atoms with Crippen molar-refractivity contribution in [2.24, 2.45) is 0 Å². The first-order chi connectivity index (χ1) is 21.4. The third kappa shape index (κ3) is 11.3. The van der Waals surface area contributed by atoms with Gasteiger partial charge < -0.3 is 29.5 Å². The molecule has 1 heterocycles. The predicted octanol–water partition coefficient (Wildman–Crippen LogP) is 8.85. The predicted molar refractivity (Wildman–Crippen MR) is 189 cm³/mol. The highest BCUT2D eigenvalue weighted by molar-refractivity contribution is 6.18. The minimum Gasteiger partial charge on any atom is -0.508 e. The van der Waals surface area contributed by atoms with E-state index in [1.54, 1.807) is 31.4 Å². The Morgan fingerprint density at radius 2 is 1.07 bits per heavy atom. The van der Waals surface area contributed by atoms with Gasteiger partial charge in [0.15, 0.2) is 0 Å². The minimum atomic E-state index is -0.412. The van der Waals surface area contributed by atoms with Gasteiger partial charge in [-0.2, -0.15) is 0 Å². The topological polar surface area (TPSA) is 91.7 Å². The van der Waals surface area contributed by atoms with Crippen LogP contribution in [0.2, 0.25) is 0 Å². The molecule has 1 saturated heterocycles. The lowest BCUT2D eigenvalue weighted by atomic mass is 9.78. The molecule has 250 valence electrons. The van der Waals surface area contributed by atoms with E-state index in [0.717, 1.165) is 29.2 Å². The largest absolute Gasteiger partial charge is 0.508 e. The van der Waals surface area contributed by atoms with Crippen LogP contribution in [-0.4, -0.2) is 53.7 Å². The minimum absolute atomic E-state index is 0. The number of hydrogen-bond acceptors (Lipinski definition) is 6. The van der Waals surface area contributed by atoms with E-state index in [2.05, 4.69) is 52.0 Å². The first-order valence-electron chi connectivity index (χ1n) is 15.2. The van der Waals surface area contributed by atoms with E-state index in [9.17, 15) is 15.3 Å². The van der Waals surface area contributed by atoms with Crippen molar-refractivity contribution in [3.63, 3.8) is 0 Å². The molecule has 0 spiro atoms. The molecule has 1 aliphatic rings. The SMILES string of the molecule is C.CC(C)(c1ccc(O)cc1)c1ccc(O)cc1.CCC(O)COc1ccc(C(C)(C)c2ccc(OC)cc2)cc1.ClCC1CO1. The molecule has 4 aromatic carbocycles. The van der Waals surface area contributed by atoms with Crippen LogP contribution in [0.4, 0.5) is 0 Å². The molecule has 4 aromatic rings. The molecular formula is C39H51ClO6. The van der Waals surface area contributed by atoms with Gasteiger partial charge in [0.25, 0.3) is 0 Å². The fourth-order valence-corrected chi connectivity index (χ4v) is 4.71. The number of ether oxygens (including phenoxy) is 3. The zero-order valence-corrected chi connectivity index (χ0v) is 27.9. The number of aromatic hydroxyl groups is 2. The maximum absolute atomic E-state index is 9.56. The summed E-state index contributed by atoms with van der Waals surface area (Å²) in [7, 11) is 1.67. The van der Waals surface area contributed by atoms with Crippen molar-refractivity contribution in [3.8, 4) is 23.0 Å². The smallest absolute Gasteiger partial charge is 0.119 e. The number of hydrogen-bond donors (Lipinski definition) is 3. The summed E-state index contributed by atoms with van der Waals surface area (Å²) in [5.41, 5.74) is 4.44. The normalized spacial score (nSPS) is 14.3. The highest BCUT2D eigenvalue weighted by Crippen LogP contribution is 2.34. The lowest BCUT2D eigenvalue weighted by Gasteiger charge is -2.26. The summed E-state index contributed by atoms with van der Waals surface area (Å²) in [4.78, 5) is 0. The fourth-order valence-electron chi connectivity index (χ4n) is 4.53. The number of epoxide rings is 1. The highest BCUT2D eigenvalue weighted by atomic mass is 35.5. The van der Waals surface area contributed by atoms with E-state index in [1.807, 2.05) is 55.5 Å². The molecule has 0 bridgehead atoms.